The second-order valence-electron chi connectivity index (χ2n) is 7.64. The first-order chi connectivity index (χ1) is 16.0. The summed E-state index contributed by atoms with van der Waals surface area (Å²) in [6.07, 6.45) is 4.23. The standard InChI is InChI=1S/C26H23BrFN3O2/c1-2-3-4-25-30-24-14-9-20(27)15-23(24)26(32)31(25)29-16-18-7-12-22(13-8-18)33-17-19-5-10-21(28)11-6-19/h5-16H,2-4,17H2,1H3. The number of fused-ring (bicyclic) bond motifs is 1. The molecule has 0 unspecified atom stereocenters. The zero-order chi connectivity index (χ0) is 23.2. The number of ether oxygens (including phenoxy) is 1. The third kappa shape index (κ3) is 5.73. The molecule has 33 heavy (non-hydrogen) atoms. The molecule has 0 atom stereocenters. The largest absolute Gasteiger partial charge is 0.489 e. The monoisotopic (exact) mass is 507 g/mol. The lowest BCUT2D eigenvalue weighted by Gasteiger charge is -2.09. The Balaban J connectivity index is 1.55. The van der Waals surface area contributed by atoms with Crippen molar-refractivity contribution in [3.05, 3.63) is 104 Å². The normalized spacial score (nSPS) is 11.4. The molecule has 0 saturated carbocycles. The molecule has 0 radical (unpaired) electrons. The van der Waals surface area contributed by atoms with Gasteiger partial charge in [0.1, 0.15) is 24.0 Å². The predicted octanol–water partition coefficient (Wildman–Crippen LogP) is 6.10. The minimum absolute atomic E-state index is 0.192. The Labute approximate surface area is 199 Å². The second kappa shape index (κ2) is 10.5. The number of aryl methyl sites for hydroxylation is 1. The van der Waals surface area contributed by atoms with Crippen LogP contribution in [0.4, 0.5) is 4.39 Å². The minimum atomic E-state index is -0.270. The van der Waals surface area contributed by atoms with E-state index in [2.05, 4.69) is 32.9 Å². The molecule has 1 heterocycles. The highest BCUT2D eigenvalue weighted by molar-refractivity contribution is 9.10. The third-order valence-corrected chi connectivity index (χ3v) is 5.64. The van der Waals surface area contributed by atoms with Gasteiger partial charge in [0.15, 0.2) is 0 Å². The number of unbranched alkanes of at least 4 members (excludes halogenated alkanes) is 1. The molecule has 0 aliphatic heterocycles. The van der Waals surface area contributed by atoms with E-state index >= 15 is 0 Å². The van der Waals surface area contributed by atoms with Crippen molar-refractivity contribution < 1.29 is 9.13 Å². The lowest BCUT2D eigenvalue weighted by atomic mass is 10.2. The molecule has 0 aliphatic rings. The fourth-order valence-electron chi connectivity index (χ4n) is 3.33. The average molecular weight is 508 g/mol. The van der Waals surface area contributed by atoms with Crippen LogP contribution in [0.2, 0.25) is 0 Å². The summed E-state index contributed by atoms with van der Waals surface area (Å²) < 4.78 is 21.0. The number of hydrogen-bond acceptors (Lipinski definition) is 4. The molecule has 5 nitrogen and oxygen atoms in total. The van der Waals surface area contributed by atoms with E-state index in [9.17, 15) is 9.18 Å². The number of benzene rings is 3. The highest BCUT2D eigenvalue weighted by Gasteiger charge is 2.11. The quantitative estimate of drug-likeness (QED) is 0.270. The van der Waals surface area contributed by atoms with Gasteiger partial charge in [0.2, 0.25) is 0 Å². The average Bonchev–Trinajstić information content (AvgIpc) is 2.83. The van der Waals surface area contributed by atoms with Crippen LogP contribution >= 0.6 is 15.9 Å². The minimum Gasteiger partial charge on any atom is -0.489 e. The molecule has 0 aliphatic carbocycles. The van der Waals surface area contributed by atoms with Crippen LogP contribution in [-0.4, -0.2) is 15.9 Å². The topological polar surface area (TPSA) is 56.5 Å². The molecule has 4 rings (SSSR count). The highest BCUT2D eigenvalue weighted by Crippen LogP contribution is 2.17. The van der Waals surface area contributed by atoms with Crippen LogP contribution in [0, 0.1) is 5.82 Å². The van der Waals surface area contributed by atoms with Crippen molar-refractivity contribution in [3.63, 3.8) is 0 Å². The van der Waals surface area contributed by atoms with Gasteiger partial charge in [-0.25, -0.2) is 9.37 Å². The zero-order valence-corrected chi connectivity index (χ0v) is 19.8. The summed E-state index contributed by atoms with van der Waals surface area (Å²) in [6, 6.07) is 19.1. The van der Waals surface area contributed by atoms with E-state index < -0.39 is 0 Å². The number of halogens is 2. The van der Waals surface area contributed by atoms with Gasteiger partial charge in [-0.2, -0.15) is 9.78 Å². The smallest absolute Gasteiger partial charge is 0.282 e. The summed E-state index contributed by atoms with van der Waals surface area (Å²) in [6.45, 7) is 2.45. The first-order valence-corrected chi connectivity index (χ1v) is 11.6. The van der Waals surface area contributed by atoms with Gasteiger partial charge in [-0.1, -0.05) is 41.4 Å². The number of nitrogens with zero attached hydrogens (tertiary/aromatic N) is 3. The maximum absolute atomic E-state index is 13.1. The summed E-state index contributed by atoms with van der Waals surface area (Å²) in [4.78, 5) is 17.8. The van der Waals surface area contributed by atoms with Crippen molar-refractivity contribution in [1.29, 1.82) is 0 Å². The number of aromatic nitrogens is 2. The number of rotatable bonds is 8. The maximum atomic E-state index is 13.1. The lowest BCUT2D eigenvalue weighted by molar-refractivity contribution is 0.306. The molecule has 0 saturated heterocycles. The van der Waals surface area contributed by atoms with Crippen LogP contribution in [0.5, 0.6) is 5.75 Å². The summed E-state index contributed by atoms with van der Waals surface area (Å²) in [5.74, 6) is 1.07. The maximum Gasteiger partial charge on any atom is 0.282 e. The SMILES string of the molecule is CCCCc1nc2ccc(Br)cc2c(=O)n1N=Cc1ccc(OCc2ccc(F)cc2)cc1. The van der Waals surface area contributed by atoms with Crippen LogP contribution in [0.1, 0.15) is 36.7 Å². The first-order valence-electron chi connectivity index (χ1n) is 10.8. The lowest BCUT2D eigenvalue weighted by Crippen LogP contribution is -2.22. The fraction of sp³-hybridized carbons (Fsp3) is 0.192. The van der Waals surface area contributed by atoms with E-state index in [1.165, 1.54) is 16.8 Å². The van der Waals surface area contributed by atoms with Crippen LogP contribution in [0.3, 0.4) is 0 Å². The molecular formula is C26H23BrFN3O2. The molecule has 7 heteroatoms. The molecule has 168 valence electrons. The van der Waals surface area contributed by atoms with Crippen molar-refractivity contribution in [2.24, 2.45) is 5.10 Å². The third-order valence-electron chi connectivity index (χ3n) is 5.15. The van der Waals surface area contributed by atoms with E-state index in [0.29, 0.717) is 35.5 Å². The van der Waals surface area contributed by atoms with Gasteiger partial charge >= 0.3 is 0 Å². The van der Waals surface area contributed by atoms with E-state index in [1.807, 2.05) is 36.4 Å². The van der Waals surface area contributed by atoms with Crippen molar-refractivity contribution >= 4 is 33.0 Å². The van der Waals surface area contributed by atoms with Crippen LogP contribution in [0.15, 0.2) is 81.1 Å². The summed E-state index contributed by atoms with van der Waals surface area (Å²) in [5.41, 5.74) is 2.19. The van der Waals surface area contributed by atoms with Gasteiger partial charge < -0.3 is 4.74 Å². The van der Waals surface area contributed by atoms with Gasteiger partial charge in [0.25, 0.3) is 5.56 Å². The Bertz CT molecular complexity index is 1330. The predicted molar refractivity (Wildman–Crippen MR) is 132 cm³/mol. The Morgan fingerprint density at radius 3 is 2.58 bits per heavy atom. The van der Waals surface area contributed by atoms with Crippen molar-refractivity contribution in [2.75, 3.05) is 0 Å². The van der Waals surface area contributed by atoms with E-state index in [1.54, 1.807) is 24.4 Å². The molecule has 0 fully saturated rings. The Morgan fingerprint density at radius 1 is 1.09 bits per heavy atom. The van der Waals surface area contributed by atoms with E-state index in [-0.39, 0.29) is 11.4 Å². The van der Waals surface area contributed by atoms with Crippen LogP contribution < -0.4 is 10.3 Å². The van der Waals surface area contributed by atoms with Gasteiger partial charge in [-0.05, 0) is 72.1 Å². The first kappa shape index (κ1) is 22.9. The van der Waals surface area contributed by atoms with Crippen molar-refractivity contribution in [2.45, 2.75) is 32.8 Å². The van der Waals surface area contributed by atoms with Crippen LogP contribution in [0.25, 0.3) is 10.9 Å². The highest BCUT2D eigenvalue weighted by atomic mass is 79.9. The van der Waals surface area contributed by atoms with E-state index in [0.717, 1.165) is 28.4 Å². The fourth-order valence-corrected chi connectivity index (χ4v) is 3.69. The van der Waals surface area contributed by atoms with Crippen LogP contribution in [-0.2, 0) is 13.0 Å². The van der Waals surface area contributed by atoms with Gasteiger partial charge in [-0.15, -0.1) is 0 Å². The summed E-state index contributed by atoms with van der Waals surface area (Å²) in [7, 11) is 0. The Hall–Kier alpha value is -3.32. The molecule has 3 aromatic carbocycles. The van der Waals surface area contributed by atoms with E-state index in [4.69, 9.17) is 4.74 Å². The molecule has 0 bridgehead atoms. The zero-order valence-electron chi connectivity index (χ0n) is 18.2. The number of hydrogen-bond donors (Lipinski definition) is 0. The summed E-state index contributed by atoms with van der Waals surface area (Å²) in [5, 5.41) is 4.98. The Kier molecular flexibility index (Phi) is 7.29. The Morgan fingerprint density at radius 2 is 1.85 bits per heavy atom. The van der Waals surface area contributed by atoms with Gasteiger partial charge in [-0.3, -0.25) is 4.79 Å². The van der Waals surface area contributed by atoms with Gasteiger partial charge in [0.05, 0.1) is 17.1 Å². The molecule has 0 N–H and O–H groups in total. The molecule has 1 aromatic heterocycles. The summed E-state index contributed by atoms with van der Waals surface area (Å²) >= 11 is 3.42. The van der Waals surface area contributed by atoms with Crippen molar-refractivity contribution in [1.82, 2.24) is 9.66 Å². The molecule has 4 aromatic rings. The molecular weight excluding hydrogens is 485 g/mol. The molecule has 0 amide bonds. The van der Waals surface area contributed by atoms with Crippen molar-refractivity contribution in [3.8, 4) is 5.75 Å². The van der Waals surface area contributed by atoms with Gasteiger partial charge in [0, 0.05) is 10.9 Å². The molecule has 0 spiro atoms. The second-order valence-corrected chi connectivity index (χ2v) is 8.55.